The molecule has 1 saturated carbocycles. The van der Waals surface area contributed by atoms with Gasteiger partial charge in [0.15, 0.2) is 11.5 Å². The van der Waals surface area contributed by atoms with E-state index in [4.69, 9.17) is 14.5 Å². The number of aryl methyl sites for hydroxylation is 1. The van der Waals surface area contributed by atoms with E-state index in [0.717, 1.165) is 59.2 Å². The predicted molar refractivity (Wildman–Crippen MR) is 137 cm³/mol. The van der Waals surface area contributed by atoms with E-state index >= 15 is 0 Å². The van der Waals surface area contributed by atoms with Gasteiger partial charge >= 0.3 is 0 Å². The Morgan fingerprint density at radius 3 is 2.66 bits per heavy atom. The highest BCUT2D eigenvalue weighted by molar-refractivity contribution is 5.83. The van der Waals surface area contributed by atoms with Crippen molar-refractivity contribution in [2.45, 2.75) is 38.2 Å². The van der Waals surface area contributed by atoms with Crippen LogP contribution in [0, 0.1) is 18.8 Å². The minimum atomic E-state index is -0.854. The average Bonchev–Trinajstić information content (AvgIpc) is 3.49. The molecule has 0 bridgehead atoms. The monoisotopic (exact) mass is 468 g/mol. The first-order valence-corrected chi connectivity index (χ1v) is 11.7. The van der Waals surface area contributed by atoms with Crippen LogP contribution in [0.5, 0.6) is 11.5 Å². The maximum atomic E-state index is 10.6. The zero-order valence-electron chi connectivity index (χ0n) is 20.1. The van der Waals surface area contributed by atoms with Crippen molar-refractivity contribution in [1.29, 1.82) is 0 Å². The highest BCUT2D eigenvalue weighted by Gasteiger charge is 2.28. The molecule has 0 radical (unpaired) electrons. The lowest BCUT2D eigenvalue weighted by Gasteiger charge is -2.14. The largest absolute Gasteiger partial charge is 0.493 e. The lowest BCUT2D eigenvalue weighted by molar-refractivity contribution is 0.110. The molecule has 2 N–H and O–H groups in total. The van der Waals surface area contributed by atoms with Crippen LogP contribution in [0.4, 0.5) is 11.6 Å². The molecule has 2 aromatic heterocycles. The molecule has 2 aromatic carbocycles. The van der Waals surface area contributed by atoms with Crippen LogP contribution in [-0.4, -0.2) is 39.5 Å². The van der Waals surface area contributed by atoms with Crippen molar-refractivity contribution in [2.24, 2.45) is 0 Å². The topological polar surface area (TPSA) is 81.4 Å². The number of fused-ring (bicyclic) bond motifs is 1. The van der Waals surface area contributed by atoms with Crippen LogP contribution in [-0.2, 0) is 0 Å². The Balaban J connectivity index is 1.45. The highest BCUT2D eigenvalue weighted by Crippen LogP contribution is 2.35. The molecule has 0 amide bonds. The molecule has 178 valence electrons. The molecule has 7 nitrogen and oxygen atoms in total. The van der Waals surface area contributed by atoms with Crippen LogP contribution in [0.3, 0.4) is 0 Å². The molecule has 0 unspecified atom stereocenters. The molecule has 0 atom stereocenters. The number of anilines is 2. The van der Waals surface area contributed by atoms with Crippen molar-refractivity contribution in [3.8, 4) is 29.2 Å². The van der Waals surface area contributed by atoms with E-state index in [1.54, 1.807) is 20.4 Å². The maximum Gasteiger partial charge on any atom is 0.229 e. The van der Waals surface area contributed by atoms with Gasteiger partial charge in [-0.1, -0.05) is 17.9 Å². The molecule has 5 rings (SSSR count). The summed E-state index contributed by atoms with van der Waals surface area (Å²) in [5, 5.41) is 14.9. The number of rotatable bonds is 5. The summed E-state index contributed by atoms with van der Waals surface area (Å²) < 4.78 is 12.9. The summed E-state index contributed by atoms with van der Waals surface area (Å²) in [5.74, 6) is 8.80. The Labute approximate surface area is 204 Å². The molecule has 2 heterocycles. The van der Waals surface area contributed by atoms with Crippen molar-refractivity contribution in [2.75, 3.05) is 19.5 Å². The van der Waals surface area contributed by atoms with E-state index in [1.165, 1.54) is 0 Å². The zero-order valence-corrected chi connectivity index (χ0v) is 20.1. The molecular formula is C28H28N4O3. The van der Waals surface area contributed by atoms with Crippen LogP contribution >= 0.6 is 0 Å². The standard InChI is InChI=1S/C28H28N4O3/c1-19-16-22(18-24(34-2)26(19)35-3)30-27-29-14-9-25(31-27)32-15-10-21-7-6-20(17-23(21)32)8-13-28(33)11-4-5-12-28/h6-7,9-10,14-18,33H,4-5,11-12H2,1-3H3,(H,29,30,31). The Bertz CT molecular complexity index is 1440. The van der Waals surface area contributed by atoms with E-state index in [2.05, 4.69) is 22.1 Å². The van der Waals surface area contributed by atoms with Gasteiger partial charge < -0.3 is 24.5 Å². The van der Waals surface area contributed by atoms with Crippen molar-refractivity contribution >= 4 is 22.5 Å². The van der Waals surface area contributed by atoms with Gasteiger partial charge in [-0.15, -0.1) is 0 Å². The summed E-state index contributed by atoms with van der Waals surface area (Å²) in [4.78, 5) is 9.12. The number of hydrogen-bond donors (Lipinski definition) is 2. The van der Waals surface area contributed by atoms with Crippen LogP contribution in [0.1, 0.15) is 36.8 Å². The first kappa shape index (κ1) is 22.8. The Kier molecular flexibility index (Phi) is 6.06. The SMILES string of the molecule is COc1cc(Nc2nccc(-n3ccc4ccc(C#CC5(O)CCCC5)cc43)n2)cc(C)c1OC. The van der Waals surface area contributed by atoms with Crippen molar-refractivity contribution < 1.29 is 14.6 Å². The second-order valence-corrected chi connectivity index (χ2v) is 8.84. The maximum absolute atomic E-state index is 10.6. The summed E-state index contributed by atoms with van der Waals surface area (Å²) in [7, 11) is 3.24. The van der Waals surface area contributed by atoms with Gasteiger partial charge in [-0.25, -0.2) is 4.98 Å². The fraction of sp³-hybridized carbons (Fsp3) is 0.286. The van der Waals surface area contributed by atoms with Crippen LogP contribution < -0.4 is 14.8 Å². The Hall–Kier alpha value is -4.02. The first-order valence-electron chi connectivity index (χ1n) is 11.7. The van der Waals surface area contributed by atoms with E-state index in [0.29, 0.717) is 17.4 Å². The highest BCUT2D eigenvalue weighted by atomic mass is 16.5. The lowest BCUT2D eigenvalue weighted by atomic mass is 10.0. The van der Waals surface area contributed by atoms with Gasteiger partial charge in [0.05, 0.1) is 19.7 Å². The number of nitrogens with one attached hydrogen (secondary N) is 1. The molecule has 7 heteroatoms. The molecule has 4 aromatic rings. The number of hydrogen-bond acceptors (Lipinski definition) is 6. The number of benzene rings is 2. The fourth-order valence-electron chi connectivity index (χ4n) is 4.58. The molecule has 0 spiro atoms. The summed E-state index contributed by atoms with van der Waals surface area (Å²) in [6.07, 6.45) is 7.26. The number of methoxy groups -OCH3 is 2. The summed E-state index contributed by atoms with van der Waals surface area (Å²) in [6, 6.07) is 13.8. The normalized spacial score (nSPS) is 14.4. The molecule has 35 heavy (non-hydrogen) atoms. The Morgan fingerprint density at radius 2 is 1.89 bits per heavy atom. The lowest BCUT2D eigenvalue weighted by Crippen LogP contribution is -2.20. The van der Waals surface area contributed by atoms with Crippen LogP contribution in [0.15, 0.2) is 54.9 Å². The van der Waals surface area contributed by atoms with Gasteiger partial charge in [0.1, 0.15) is 11.4 Å². The third-order valence-corrected chi connectivity index (χ3v) is 6.37. The van der Waals surface area contributed by atoms with E-state index < -0.39 is 5.60 Å². The van der Waals surface area contributed by atoms with Gasteiger partial charge in [-0.2, -0.15) is 4.98 Å². The number of aliphatic hydroxyl groups is 1. The van der Waals surface area contributed by atoms with Gasteiger partial charge in [0.2, 0.25) is 5.95 Å². The van der Waals surface area contributed by atoms with Crippen LogP contribution in [0.2, 0.25) is 0 Å². The molecule has 0 aliphatic heterocycles. The van der Waals surface area contributed by atoms with Gasteiger partial charge in [-0.3, -0.25) is 0 Å². The first-order chi connectivity index (χ1) is 17.0. The van der Waals surface area contributed by atoms with Crippen LogP contribution in [0.25, 0.3) is 16.7 Å². The summed E-state index contributed by atoms with van der Waals surface area (Å²) >= 11 is 0. The molecule has 1 aliphatic rings. The third-order valence-electron chi connectivity index (χ3n) is 6.37. The van der Waals surface area contributed by atoms with Gasteiger partial charge in [0, 0.05) is 35.1 Å². The fourth-order valence-corrected chi connectivity index (χ4v) is 4.58. The average molecular weight is 469 g/mol. The predicted octanol–water partition coefficient (Wildman–Crippen LogP) is 5.15. The summed E-state index contributed by atoms with van der Waals surface area (Å²) in [5.41, 5.74) is 2.75. The second-order valence-electron chi connectivity index (χ2n) is 8.84. The zero-order chi connectivity index (χ0) is 24.4. The van der Waals surface area contributed by atoms with E-state index in [1.807, 2.05) is 60.2 Å². The quantitative estimate of drug-likeness (QED) is 0.395. The molecule has 0 saturated heterocycles. The van der Waals surface area contributed by atoms with Crippen molar-refractivity contribution in [3.05, 3.63) is 66.0 Å². The number of nitrogens with zero attached hydrogens (tertiary/aromatic N) is 3. The van der Waals surface area contributed by atoms with Crippen molar-refractivity contribution in [1.82, 2.24) is 14.5 Å². The molecule has 1 aliphatic carbocycles. The number of ether oxygens (including phenoxy) is 2. The van der Waals surface area contributed by atoms with E-state index in [-0.39, 0.29) is 0 Å². The minimum Gasteiger partial charge on any atom is -0.493 e. The van der Waals surface area contributed by atoms with Gasteiger partial charge in [-0.05, 0) is 68.5 Å². The van der Waals surface area contributed by atoms with Gasteiger partial charge in [0.25, 0.3) is 0 Å². The second kappa shape index (κ2) is 9.32. The summed E-state index contributed by atoms with van der Waals surface area (Å²) in [6.45, 7) is 1.96. The third kappa shape index (κ3) is 4.66. The smallest absolute Gasteiger partial charge is 0.229 e. The minimum absolute atomic E-state index is 0.468. The molecule has 1 fully saturated rings. The Morgan fingerprint density at radius 1 is 1.06 bits per heavy atom. The van der Waals surface area contributed by atoms with Crippen molar-refractivity contribution in [3.63, 3.8) is 0 Å². The molecular weight excluding hydrogens is 440 g/mol. The van der Waals surface area contributed by atoms with E-state index in [9.17, 15) is 5.11 Å². The number of aromatic nitrogens is 3.